The number of allylic oxidation sites excluding steroid dienone is 4. The number of hydrogen-bond donors (Lipinski definition) is 0. The largest absolute Gasteiger partial charge is 0.318 e. The van der Waals surface area contributed by atoms with Crippen molar-refractivity contribution in [1.29, 1.82) is 0 Å². The van der Waals surface area contributed by atoms with Gasteiger partial charge >= 0.3 is 0 Å². The van der Waals surface area contributed by atoms with Gasteiger partial charge in [-0.1, -0.05) is 12.2 Å². The fourth-order valence-electron chi connectivity index (χ4n) is 1.22. The first-order valence-corrected chi connectivity index (χ1v) is 9.46. The Bertz CT molecular complexity index is 522. The van der Waals surface area contributed by atoms with Crippen molar-refractivity contribution in [2.24, 2.45) is 0 Å². The maximum atomic E-state index is 11.8. The average Bonchev–Trinajstić information content (AvgIpc) is 2.44. The Hall–Kier alpha value is -0.460. The monoisotopic (exact) mass is 340 g/mol. The molecule has 0 spiro atoms. The van der Waals surface area contributed by atoms with E-state index in [1.165, 1.54) is 25.5 Å². The van der Waals surface area contributed by atoms with Gasteiger partial charge in [-0.15, -0.1) is 0 Å². The van der Waals surface area contributed by atoms with Crippen LogP contribution in [0.25, 0.3) is 0 Å². The van der Waals surface area contributed by atoms with Crippen molar-refractivity contribution in [3.05, 3.63) is 22.4 Å². The van der Waals surface area contributed by atoms with Crippen LogP contribution in [-0.4, -0.2) is 52.7 Å². The Balaban J connectivity index is 0. The van der Waals surface area contributed by atoms with Crippen molar-refractivity contribution in [2.45, 2.75) is 27.7 Å². The van der Waals surface area contributed by atoms with Gasteiger partial charge in [-0.05, 0) is 41.8 Å². The molecule has 0 heterocycles. The van der Waals surface area contributed by atoms with Crippen molar-refractivity contribution < 1.29 is 17.5 Å². The van der Waals surface area contributed by atoms with Gasteiger partial charge < -0.3 is 4.52 Å². The maximum Gasteiger partial charge on any atom is 0.296 e. The van der Waals surface area contributed by atoms with Crippen molar-refractivity contribution in [2.75, 3.05) is 35.3 Å². The van der Waals surface area contributed by atoms with Crippen LogP contribution in [0.1, 0.15) is 27.7 Å². The van der Waals surface area contributed by atoms with E-state index in [2.05, 4.69) is 0 Å². The Morgan fingerprint density at radius 3 is 1.57 bits per heavy atom. The lowest BCUT2D eigenvalue weighted by atomic mass is 10.6. The molecule has 0 bridgehead atoms. The summed E-state index contributed by atoms with van der Waals surface area (Å²) in [5.41, 5.74) is 0. The predicted octanol–water partition coefficient (Wildman–Crippen LogP) is 3.11. The van der Waals surface area contributed by atoms with Crippen LogP contribution >= 0.6 is 7.52 Å². The Kier molecular flexibility index (Phi) is 10.4. The summed E-state index contributed by atoms with van der Waals surface area (Å²) in [4.78, 5) is 0.387. The molecule has 0 aliphatic heterocycles. The molecule has 0 rings (SSSR count). The third-order valence-electron chi connectivity index (χ3n) is 2.93. The molecule has 6 nitrogen and oxygen atoms in total. The molecule has 0 aromatic rings. The lowest BCUT2D eigenvalue weighted by molar-refractivity contribution is 0.352. The molecular weight excluding hydrogens is 311 g/mol. The van der Waals surface area contributed by atoms with Gasteiger partial charge in [0.15, 0.2) is 0 Å². The lowest BCUT2D eigenvalue weighted by Gasteiger charge is -2.22. The molecule has 0 saturated carbocycles. The van der Waals surface area contributed by atoms with Crippen LogP contribution in [-0.2, 0) is 19.1 Å². The Labute approximate surface area is 130 Å². The zero-order chi connectivity index (χ0) is 17.4. The standard InChI is InChI=1S/C7H16NO2P.C6H13NO2S/c1-6-7(2)11(9,10-5)8(3)4;1-5-6(2)10(8,9)7(3)4/h6H,1-5H3;5H,1-4H3/b7-6+;. The van der Waals surface area contributed by atoms with Crippen LogP contribution in [0.2, 0.25) is 0 Å². The first kappa shape index (κ1) is 22.8. The third-order valence-corrected chi connectivity index (χ3v) is 7.64. The van der Waals surface area contributed by atoms with Crippen LogP contribution in [0.4, 0.5) is 0 Å². The van der Waals surface area contributed by atoms with Gasteiger partial charge in [0, 0.05) is 26.5 Å². The van der Waals surface area contributed by atoms with Gasteiger partial charge in [-0.2, -0.15) is 0 Å². The van der Waals surface area contributed by atoms with Crippen LogP contribution in [0.5, 0.6) is 0 Å². The highest BCUT2D eigenvalue weighted by molar-refractivity contribution is 7.92. The minimum absolute atomic E-state index is 0.387. The highest BCUT2D eigenvalue weighted by Crippen LogP contribution is 2.55. The van der Waals surface area contributed by atoms with E-state index in [0.29, 0.717) is 4.91 Å². The normalized spacial score (nSPS) is 16.5. The first-order valence-electron chi connectivity index (χ1n) is 6.44. The average molecular weight is 340 g/mol. The molecule has 0 aliphatic rings. The summed E-state index contributed by atoms with van der Waals surface area (Å²) in [6.07, 6.45) is 3.39. The predicted molar refractivity (Wildman–Crippen MR) is 89.8 cm³/mol. The SMILES string of the molecule is C/C=C(\C)P(=O)(OC)N(C)C.CC=C(C)S(=O)(=O)N(C)C. The van der Waals surface area contributed by atoms with Crippen LogP contribution < -0.4 is 0 Å². The van der Waals surface area contributed by atoms with Crippen LogP contribution in [0.3, 0.4) is 0 Å². The summed E-state index contributed by atoms with van der Waals surface area (Å²) in [5, 5.41) is 0.782. The van der Waals surface area contributed by atoms with E-state index in [0.717, 1.165) is 5.31 Å². The summed E-state index contributed by atoms with van der Waals surface area (Å²) >= 11 is 0. The van der Waals surface area contributed by atoms with Crippen molar-refractivity contribution in [3.63, 3.8) is 0 Å². The van der Waals surface area contributed by atoms with Crippen molar-refractivity contribution in [1.82, 2.24) is 8.98 Å². The van der Waals surface area contributed by atoms with E-state index >= 15 is 0 Å². The highest BCUT2D eigenvalue weighted by atomic mass is 32.2. The Morgan fingerprint density at radius 2 is 1.48 bits per heavy atom. The van der Waals surface area contributed by atoms with Gasteiger partial charge in [-0.3, -0.25) is 4.57 Å². The molecule has 0 saturated heterocycles. The van der Waals surface area contributed by atoms with Crippen molar-refractivity contribution in [3.8, 4) is 0 Å². The summed E-state index contributed by atoms with van der Waals surface area (Å²) < 4.78 is 41.9. The molecule has 8 heteroatoms. The fourth-order valence-corrected chi connectivity index (χ4v) is 3.67. The quantitative estimate of drug-likeness (QED) is 0.719. The minimum Gasteiger partial charge on any atom is -0.318 e. The Morgan fingerprint density at radius 1 is 1.05 bits per heavy atom. The summed E-state index contributed by atoms with van der Waals surface area (Å²) in [6.45, 7) is 6.94. The first-order chi connectivity index (χ1) is 9.41. The van der Waals surface area contributed by atoms with E-state index in [4.69, 9.17) is 4.52 Å². The molecule has 21 heavy (non-hydrogen) atoms. The molecular formula is C13H29N2O4PS. The van der Waals surface area contributed by atoms with Crippen LogP contribution in [0.15, 0.2) is 22.4 Å². The molecule has 0 aliphatic carbocycles. The molecule has 0 amide bonds. The topological polar surface area (TPSA) is 66.9 Å². The van der Waals surface area contributed by atoms with E-state index in [-0.39, 0.29) is 0 Å². The second kappa shape index (κ2) is 9.54. The van der Waals surface area contributed by atoms with Gasteiger partial charge in [0.1, 0.15) is 0 Å². The van der Waals surface area contributed by atoms with Gasteiger partial charge in [-0.25, -0.2) is 17.4 Å². The van der Waals surface area contributed by atoms with E-state index in [1.54, 1.807) is 38.7 Å². The summed E-state index contributed by atoms with van der Waals surface area (Å²) in [5.74, 6) is 0. The second-order valence-electron chi connectivity index (χ2n) is 4.67. The van der Waals surface area contributed by atoms with E-state index in [1.807, 2.05) is 19.9 Å². The number of sulfonamides is 1. The second-order valence-corrected chi connectivity index (χ2v) is 9.90. The molecule has 0 aromatic heterocycles. The summed E-state index contributed by atoms with van der Waals surface area (Å²) in [6, 6.07) is 0. The number of rotatable bonds is 5. The fraction of sp³-hybridized carbons (Fsp3) is 0.692. The zero-order valence-electron chi connectivity index (χ0n) is 14.5. The minimum atomic E-state index is -3.13. The zero-order valence-corrected chi connectivity index (χ0v) is 16.2. The third kappa shape index (κ3) is 6.45. The molecule has 0 radical (unpaired) electrons. The molecule has 1 atom stereocenters. The highest BCUT2D eigenvalue weighted by Gasteiger charge is 2.25. The van der Waals surface area contributed by atoms with Gasteiger partial charge in [0.2, 0.25) is 10.0 Å². The van der Waals surface area contributed by atoms with E-state index < -0.39 is 17.5 Å². The smallest absolute Gasteiger partial charge is 0.296 e. The summed E-state index contributed by atoms with van der Waals surface area (Å²) in [7, 11) is 2.19. The molecule has 0 fully saturated rings. The molecule has 1 unspecified atom stereocenters. The molecule has 0 N–H and O–H groups in total. The molecule has 126 valence electrons. The van der Waals surface area contributed by atoms with Gasteiger partial charge in [0.05, 0.1) is 4.91 Å². The van der Waals surface area contributed by atoms with E-state index in [9.17, 15) is 13.0 Å². The lowest BCUT2D eigenvalue weighted by Crippen LogP contribution is -2.22. The van der Waals surface area contributed by atoms with Crippen LogP contribution in [0, 0.1) is 0 Å². The molecule has 0 aromatic carbocycles. The number of nitrogens with zero attached hydrogens (tertiary/aromatic N) is 2. The maximum absolute atomic E-state index is 11.8. The van der Waals surface area contributed by atoms with Crippen molar-refractivity contribution >= 4 is 17.5 Å². The van der Waals surface area contributed by atoms with Gasteiger partial charge in [0.25, 0.3) is 7.52 Å². The number of hydrogen-bond acceptors (Lipinski definition) is 4.